The summed E-state index contributed by atoms with van der Waals surface area (Å²) in [6, 6.07) is 8.10. The number of methoxy groups -OCH3 is 1. The Bertz CT molecular complexity index is 1310. The van der Waals surface area contributed by atoms with Crippen molar-refractivity contribution in [3.8, 4) is 0 Å². The predicted molar refractivity (Wildman–Crippen MR) is 131 cm³/mol. The molecule has 2 atom stereocenters. The Labute approximate surface area is 203 Å². The van der Waals surface area contributed by atoms with Gasteiger partial charge < -0.3 is 20.1 Å². The SMILES string of the molecule is CCC1(OC)C(=O)N(C)c2cc3c(C)nnc(N[C@H](C)c4cccc(C(F)(F)CO)c4C)c3cc21. The van der Waals surface area contributed by atoms with Crippen LogP contribution in [0.5, 0.6) is 0 Å². The minimum absolute atomic E-state index is 0.133. The molecular formula is C26H30F2N4O3. The molecule has 1 aliphatic heterocycles. The van der Waals surface area contributed by atoms with Crippen molar-refractivity contribution in [2.75, 3.05) is 31.0 Å². The van der Waals surface area contributed by atoms with E-state index in [9.17, 15) is 13.6 Å². The van der Waals surface area contributed by atoms with Gasteiger partial charge in [0.25, 0.3) is 11.8 Å². The van der Waals surface area contributed by atoms with Crippen LogP contribution in [0.3, 0.4) is 0 Å². The van der Waals surface area contributed by atoms with Crippen LogP contribution in [0.4, 0.5) is 20.3 Å². The predicted octanol–water partition coefficient (Wildman–Crippen LogP) is 4.73. The first-order chi connectivity index (χ1) is 16.5. The molecule has 1 amide bonds. The van der Waals surface area contributed by atoms with Crippen molar-refractivity contribution >= 4 is 28.2 Å². The number of aliphatic hydroxyl groups is 1. The van der Waals surface area contributed by atoms with E-state index in [1.165, 1.54) is 13.2 Å². The molecule has 0 aliphatic carbocycles. The average molecular weight is 485 g/mol. The van der Waals surface area contributed by atoms with Gasteiger partial charge in [0.2, 0.25) is 0 Å². The molecule has 2 N–H and O–H groups in total. The van der Waals surface area contributed by atoms with Gasteiger partial charge in [0.1, 0.15) is 6.61 Å². The summed E-state index contributed by atoms with van der Waals surface area (Å²) in [4.78, 5) is 14.7. The number of hydrogen-bond donors (Lipinski definition) is 2. The van der Waals surface area contributed by atoms with Crippen LogP contribution in [0.25, 0.3) is 10.8 Å². The van der Waals surface area contributed by atoms with E-state index in [2.05, 4.69) is 15.5 Å². The number of anilines is 2. The molecule has 0 saturated carbocycles. The third-order valence-corrected chi connectivity index (χ3v) is 7.16. The highest BCUT2D eigenvalue weighted by molar-refractivity contribution is 6.10. The zero-order valence-electron chi connectivity index (χ0n) is 20.7. The van der Waals surface area contributed by atoms with E-state index in [1.807, 2.05) is 32.9 Å². The number of amides is 1. The van der Waals surface area contributed by atoms with Crippen LogP contribution in [0.15, 0.2) is 30.3 Å². The summed E-state index contributed by atoms with van der Waals surface area (Å²) in [5, 5.41) is 22.7. The number of nitrogens with zero attached hydrogens (tertiary/aromatic N) is 3. The molecule has 186 valence electrons. The van der Waals surface area contributed by atoms with Crippen LogP contribution in [0.2, 0.25) is 0 Å². The van der Waals surface area contributed by atoms with E-state index < -0.39 is 18.1 Å². The molecule has 0 saturated heterocycles. The largest absolute Gasteiger partial charge is 0.390 e. The fraction of sp³-hybridized carbons (Fsp3) is 0.423. The number of alkyl halides is 2. The van der Waals surface area contributed by atoms with Gasteiger partial charge in [-0.2, -0.15) is 13.9 Å². The number of hydrogen-bond acceptors (Lipinski definition) is 6. The third-order valence-electron chi connectivity index (χ3n) is 7.16. The summed E-state index contributed by atoms with van der Waals surface area (Å²) >= 11 is 0. The molecule has 2 aromatic carbocycles. The van der Waals surface area contributed by atoms with Crippen LogP contribution in [0, 0.1) is 13.8 Å². The van der Waals surface area contributed by atoms with Crippen LogP contribution in [0.1, 0.15) is 54.3 Å². The Morgan fingerprint density at radius 3 is 2.57 bits per heavy atom. The summed E-state index contributed by atoms with van der Waals surface area (Å²) in [6.45, 7) is 5.97. The number of benzene rings is 2. The van der Waals surface area contributed by atoms with Crippen molar-refractivity contribution in [1.82, 2.24) is 10.2 Å². The van der Waals surface area contributed by atoms with Crippen molar-refractivity contribution in [1.29, 1.82) is 0 Å². The van der Waals surface area contributed by atoms with E-state index >= 15 is 0 Å². The first-order valence-electron chi connectivity index (χ1n) is 11.5. The first-order valence-corrected chi connectivity index (χ1v) is 11.5. The van der Waals surface area contributed by atoms with E-state index in [0.29, 0.717) is 29.1 Å². The Morgan fingerprint density at radius 2 is 1.94 bits per heavy atom. The standard InChI is InChI=1S/C26H30F2N4O3/c1-7-25(35-6)21-11-19-18(12-22(21)32(5)24(25)34)16(4)30-31-23(19)29-15(3)17-9-8-10-20(14(17)2)26(27,28)13-33/h8-12,15,33H,7,13H2,1-6H3,(H,29,31)/t15-,25?/m1/s1. The van der Waals surface area contributed by atoms with Crippen molar-refractivity contribution in [3.05, 3.63) is 58.3 Å². The van der Waals surface area contributed by atoms with E-state index in [-0.39, 0.29) is 17.5 Å². The summed E-state index contributed by atoms with van der Waals surface area (Å²) in [7, 11) is 3.26. The van der Waals surface area contributed by atoms with Gasteiger partial charge in [-0.25, -0.2) is 0 Å². The quantitative estimate of drug-likeness (QED) is 0.504. The van der Waals surface area contributed by atoms with Gasteiger partial charge in [0.15, 0.2) is 11.4 Å². The molecule has 7 nitrogen and oxygen atoms in total. The highest BCUT2D eigenvalue weighted by Crippen LogP contribution is 2.46. The molecule has 4 rings (SSSR count). The number of carbonyl (C=O) groups excluding carboxylic acids is 1. The van der Waals surface area contributed by atoms with Crippen molar-refractivity contribution < 1.29 is 23.4 Å². The number of likely N-dealkylation sites (N-methyl/N-ethyl adjacent to an activating group) is 1. The van der Waals surface area contributed by atoms with Crippen LogP contribution in [-0.2, 0) is 21.1 Å². The average Bonchev–Trinajstić information content (AvgIpc) is 3.06. The second-order valence-corrected chi connectivity index (χ2v) is 9.05. The molecule has 0 spiro atoms. The second-order valence-electron chi connectivity index (χ2n) is 9.05. The van der Waals surface area contributed by atoms with E-state index in [4.69, 9.17) is 9.84 Å². The lowest BCUT2D eigenvalue weighted by molar-refractivity contribution is -0.140. The molecule has 9 heteroatoms. The number of aliphatic hydroxyl groups excluding tert-OH is 1. The Balaban J connectivity index is 1.83. The minimum Gasteiger partial charge on any atom is -0.390 e. The van der Waals surface area contributed by atoms with Crippen LogP contribution in [-0.4, -0.2) is 42.0 Å². The maximum Gasteiger partial charge on any atom is 0.296 e. The van der Waals surface area contributed by atoms with Gasteiger partial charge in [0, 0.05) is 36.1 Å². The van der Waals surface area contributed by atoms with E-state index in [1.54, 1.807) is 31.0 Å². The number of halogens is 2. The zero-order valence-corrected chi connectivity index (χ0v) is 20.7. The molecule has 35 heavy (non-hydrogen) atoms. The topological polar surface area (TPSA) is 87.6 Å². The van der Waals surface area contributed by atoms with Gasteiger partial charge in [-0.05, 0) is 50.5 Å². The molecule has 0 fully saturated rings. The molecule has 1 aromatic heterocycles. The number of carbonyl (C=O) groups is 1. The number of ether oxygens (including phenoxy) is 1. The van der Waals surface area contributed by atoms with Gasteiger partial charge in [0.05, 0.1) is 17.4 Å². The highest BCUT2D eigenvalue weighted by Gasteiger charge is 2.49. The lowest BCUT2D eigenvalue weighted by Gasteiger charge is -2.25. The lowest BCUT2D eigenvalue weighted by atomic mass is 9.90. The Morgan fingerprint density at radius 1 is 1.23 bits per heavy atom. The molecule has 2 heterocycles. The second kappa shape index (κ2) is 8.80. The summed E-state index contributed by atoms with van der Waals surface area (Å²) in [5.74, 6) is -2.99. The fourth-order valence-electron chi connectivity index (χ4n) is 5.09. The Hall–Kier alpha value is -3.17. The maximum atomic E-state index is 14.3. The minimum atomic E-state index is -3.33. The van der Waals surface area contributed by atoms with Crippen molar-refractivity contribution in [3.63, 3.8) is 0 Å². The summed E-state index contributed by atoms with van der Waals surface area (Å²) < 4.78 is 34.3. The number of aromatic nitrogens is 2. The summed E-state index contributed by atoms with van der Waals surface area (Å²) in [6.07, 6.45) is 0.465. The number of aryl methyl sites for hydroxylation is 1. The fourth-order valence-corrected chi connectivity index (χ4v) is 5.09. The molecule has 3 aromatic rings. The van der Waals surface area contributed by atoms with Crippen molar-refractivity contribution in [2.24, 2.45) is 0 Å². The van der Waals surface area contributed by atoms with Gasteiger partial charge in [-0.3, -0.25) is 4.79 Å². The Kier molecular flexibility index (Phi) is 6.27. The van der Waals surface area contributed by atoms with Gasteiger partial charge in [-0.1, -0.05) is 25.1 Å². The van der Waals surface area contributed by atoms with Crippen molar-refractivity contribution in [2.45, 2.75) is 51.7 Å². The summed E-state index contributed by atoms with van der Waals surface area (Å²) in [5.41, 5.74) is 1.98. The zero-order chi connectivity index (χ0) is 25.7. The molecular weight excluding hydrogens is 454 g/mol. The first kappa shape index (κ1) is 24.9. The maximum absolute atomic E-state index is 14.3. The van der Waals surface area contributed by atoms with Crippen LogP contribution < -0.4 is 10.2 Å². The normalized spacial score (nSPS) is 18.8. The smallest absolute Gasteiger partial charge is 0.296 e. The van der Waals surface area contributed by atoms with E-state index in [0.717, 1.165) is 22.0 Å². The number of rotatable bonds is 7. The highest BCUT2D eigenvalue weighted by atomic mass is 19.3. The molecule has 1 aliphatic rings. The van der Waals surface area contributed by atoms with Gasteiger partial charge in [-0.15, -0.1) is 5.10 Å². The third kappa shape index (κ3) is 3.73. The number of fused-ring (bicyclic) bond motifs is 2. The van der Waals surface area contributed by atoms with Gasteiger partial charge >= 0.3 is 0 Å². The lowest BCUT2D eigenvalue weighted by Crippen LogP contribution is -2.39. The molecule has 0 bridgehead atoms. The monoisotopic (exact) mass is 484 g/mol. The van der Waals surface area contributed by atoms with Crippen LogP contribution >= 0.6 is 0 Å². The molecule has 0 radical (unpaired) electrons. The molecule has 1 unspecified atom stereocenters. The number of nitrogens with one attached hydrogen (secondary N) is 1.